The summed E-state index contributed by atoms with van der Waals surface area (Å²) in [5, 5.41) is 1.95. The summed E-state index contributed by atoms with van der Waals surface area (Å²) in [5.41, 5.74) is -3.62. The van der Waals surface area contributed by atoms with E-state index in [-0.39, 0.29) is 20.8 Å². The van der Waals surface area contributed by atoms with Gasteiger partial charge in [0, 0.05) is 12.1 Å². The van der Waals surface area contributed by atoms with E-state index < -0.39 is 35.4 Å². The Kier molecular flexibility index (Phi) is 5.22. The monoisotopic (exact) mass is 402 g/mol. The van der Waals surface area contributed by atoms with E-state index in [1.807, 2.05) is 0 Å². The first-order chi connectivity index (χ1) is 11.0. The summed E-state index contributed by atoms with van der Waals surface area (Å²) >= 11 is 17.4. The van der Waals surface area contributed by atoms with E-state index in [1.165, 1.54) is 12.1 Å². The van der Waals surface area contributed by atoms with Crippen molar-refractivity contribution in [3.63, 3.8) is 0 Å². The van der Waals surface area contributed by atoms with Crippen LogP contribution < -0.4 is 10.3 Å². The van der Waals surface area contributed by atoms with E-state index in [4.69, 9.17) is 39.5 Å². The molecule has 0 saturated carbocycles. The van der Waals surface area contributed by atoms with Crippen LogP contribution in [0.4, 0.5) is 13.2 Å². The second kappa shape index (κ2) is 6.70. The molecule has 0 atom stereocenters. The van der Waals surface area contributed by atoms with Crippen molar-refractivity contribution in [2.24, 2.45) is 7.05 Å². The predicted octanol–water partition coefficient (Wildman–Crippen LogP) is 3.95. The topological polar surface area (TPSA) is 64.1 Å². The summed E-state index contributed by atoms with van der Waals surface area (Å²) in [7, 11) is 1.06. The average Bonchev–Trinajstić information content (AvgIpc) is 2.73. The number of hydrogen-bond donors (Lipinski definition) is 1. The molecular weight excluding hydrogens is 396 g/mol. The first-order valence-corrected chi connectivity index (χ1v) is 7.32. The van der Waals surface area contributed by atoms with Gasteiger partial charge in [-0.2, -0.15) is 13.2 Å². The number of halogens is 6. The molecular formula is C13H8Cl3F3N2O3. The number of carbonyl (C=O) groups excluding carboxylic acids is 1. The summed E-state index contributed by atoms with van der Waals surface area (Å²) in [4.78, 5) is 23.8. The number of aromatic amines is 1. The van der Waals surface area contributed by atoms with Gasteiger partial charge in [-0.1, -0.05) is 34.8 Å². The molecule has 5 nitrogen and oxygen atoms in total. The number of carbonyl (C=O) groups is 1. The number of aryl methyl sites for hydroxylation is 1. The number of ether oxygens (including phenoxy) is 1. The minimum Gasteiger partial charge on any atom is -0.482 e. The van der Waals surface area contributed by atoms with Crippen LogP contribution >= 0.6 is 34.8 Å². The van der Waals surface area contributed by atoms with Crippen molar-refractivity contribution in [3.8, 4) is 5.75 Å². The molecule has 0 fully saturated rings. The average molecular weight is 404 g/mol. The summed E-state index contributed by atoms with van der Waals surface area (Å²) in [6.07, 6.45) is -4.90. The Bertz CT molecular complexity index is 835. The van der Waals surface area contributed by atoms with E-state index in [2.05, 4.69) is 0 Å². The maximum absolute atomic E-state index is 12.9. The van der Waals surface area contributed by atoms with Crippen LogP contribution in [0.15, 0.2) is 16.9 Å². The number of rotatable bonds is 4. The number of Topliss-reactive ketones (excluding diaryl/α,β-unsaturated/α-hetero) is 1. The highest BCUT2D eigenvalue weighted by Crippen LogP contribution is 2.36. The number of ketones is 1. The lowest BCUT2D eigenvalue weighted by atomic mass is 10.1. The Hall–Kier alpha value is -1.64. The summed E-state index contributed by atoms with van der Waals surface area (Å²) < 4.78 is 44.3. The van der Waals surface area contributed by atoms with Crippen LogP contribution in [0, 0.1) is 0 Å². The van der Waals surface area contributed by atoms with Gasteiger partial charge < -0.3 is 4.74 Å². The van der Waals surface area contributed by atoms with Gasteiger partial charge in [-0.15, -0.1) is 0 Å². The second-order valence-corrected chi connectivity index (χ2v) is 5.88. The highest BCUT2D eigenvalue weighted by molar-refractivity contribution is 6.40. The number of aromatic nitrogens is 2. The van der Waals surface area contributed by atoms with Crippen molar-refractivity contribution in [1.29, 1.82) is 0 Å². The number of nitrogens with zero attached hydrogens (tertiary/aromatic N) is 1. The van der Waals surface area contributed by atoms with Crippen LogP contribution in [0.25, 0.3) is 0 Å². The lowest BCUT2D eigenvalue weighted by Gasteiger charge is -2.10. The van der Waals surface area contributed by atoms with E-state index >= 15 is 0 Å². The molecule has 1 heterocycles. The zero-order chi connectivity index (χ0) is 18.2. The number of hydrogen-bond acceptors (Lipinski definition) is 3. The van der Waals surface area contributed by atoms with Gasteiger partial charge in [-0.25, -0.2) is 0 Å². The van der Waals surface area contributed by atoms with Crippen LogP contribution in [0.5, 0.6) is 5.75 Å². The van der Waals surface area contributed by atoms with Crippen LogP contribution in [0.2, 0.25) is 15.1 Å². The van der Waals surface area contributed by atoms with Crippen molar-refractivity contribution in [2.75, 3.05) is 6.61 Å². The van der Waals surface area contributed by atoms with Gasteiger partial charge >= 0.3 is 6.18 Å². The number of benzene rings is 1. The minimum absolute atomic E-state index is 0.0293. The fourth-order valence-electron chi connectivity index (χ4n) is 1.89. The maximum Gasteiger partial charge on any atom is 0.433 e. The van der Waals surface area contributed by atoms with E-state index in [9.17, 15) is 22.8 Å². The molecule has 0 aliphatic rings. The molecule has 1 aromatic carbocycles. The molecule has 1 N–H and O–H groups in total. The van der Waals surface area contributed by atoms with Gasteiger partial charge in [0.2, 0.25) is 5.78 Å². The quantitative estimate of drug-likeness (QED) is 0.786. The number of H-pyrrole nitrogens is 1. The summed E-state index contributed by atoms with van der Waals surface area (Å²) in [6.45, 7) is -0.864. The largest absolute Gasteiger partial charge is 0.482 e. The van der Waals surface area contributed by atoms with Crippen LogP contribution in [-0.2, 0) is 13.2 Å². The Labute approximate surface area is 147 Å². The SMILES string of the molecule is Cn1[nH]c(C(F)(F)F)c(C(=O)COc2c(Cl)cc(Cl)cc2Cl)c1=O. The van der Waals surface area contributed by atoms with Gasteiger partial charge in [-0.3, -0.25) is 19.4 Å². The van der Waals surface area contributed by atoms with Crippen LogP contribution in [0.3, 0.4) is 0 Å². The van der Waals surface area contributed by atoms with E-state index in [0.717, 1.165) is 7.05 Å². The molecule has 1 aromatic heterocycles. The van der Waals surface area contributed by atoms with Gasteiger partial charge in [0.05, 0.1) is 10.0 Å². The molecule has 24 heavy (non-hydrogen) atoms. The molecule has 0 saturated heterocycles. The third-order valence-electron chi connectivity index (χ3n) is 2.92. The molecule has 130 valence electrons. The van der Waals surface area contributed by atoms with Crippen LogP contribution in [-0.4, -0.2) is 22.2 Å². The highest BCUT2D eigenvalue weighted by atomic mass is 35.5. The van der Waals surface area contributed by atoms with Crippen molar-refractivity contribution in [3.05, 3.63) is 48.8 Å². The third kappa shape index (κ3) is 3.71. The first kappa shape index (κ1) is 18.7. The van der Waals surface area contributed by atoms with Crippen molar-refractivity contribution < 1.29 is 22.7 Å². The Morgan fingerprint density at radius 1 is 1.25 bits per heavy atom. The lowest BCUT2D eigenvalue weighted by Crippen LogP contribution is -2.24. The summed E-state index contributed by atoms with van der Waals surface area (Å²) in [6, 6.07) is 2.57. The molecule has 2 aromatic rings. The lowest BCUT2D eigenvalue weighted by molar-refractivity contribution is -0.141. The van der Waals surface area contributed by atoms with Crippen molar-refractivity contribution in [1.82, 2.24) is 9.78 Å². The minimum atomic E-state index is -4.90. The fraction of sp³-hybridized carbons (Fsp3) is 0.231. The second-order valence-electron chi connectivity index (χ2n) is 4.63. The number of nitrogens with one attached hydrogen (secondary N) is 1. The van der Waals surface area contributed by atoms with Crippen molar-refractivity contribution in [2.45, 2.75) is 6.18 Å². The number of alkyl halides is 3. The Morgan fingerprint density at radius 3 is 2.29 bits per heavy atom. The highest BCUT2D eigenvalue weighted by Gasteiger charge is 2.39. The smallest absolute Gasteiger partial charge is 0.433 e. The standard InChI is InChI=1S/C13H8Cl3F3N2O3/c1-21-12(23)9(11(20-21)13(17,18)19)8(22)4-24-10-6(15)2-5(14)3-7(10)16/h2-3,20H,4H2,1H3. The van der Waals surface area contributed by atoms with Gasteiger partial charge in [-0.05, 0) is 12.1 Å². The zero-order valence-electron chi connectivity index (χ0n) is 11.8. The maximum atomic E-state index is 12.9. The predicted molar refractivity (Wildman–Crippen MR) is 82.3 cm³/mol. The van der Waals surface area contributed by atoms with E-state index in [1.54, 1.807) is 5.10 Å². The van der Waals surface area contributed by atoms with Gasteiger partial charge in [0.15, 0.2) is 18.1 Å². The van der Waals surface area contributed by atoms with Crippen molar-refractivity contribution >= 4 is 40.6 Å². The molecule has 0 aliphatic carbocycles. The molecule has 0 bridgehead atoms. The summed E-state index contributed by atoms with van der Waals surface area (Å²) in [5.74, 6) is -1.30. The normalized spacial score (nSPS) is 11.6. The fourth-order valence-corrected chi connectivity index (χ4v) is 2.82. The molecule has 0 aliphatic heterocycles. The van der Waals surface area contributed by atoms with Crippen LogP contribution in [0.1, 0.15) is 16.1 Å². The first-order valence-electron chi connectivity index (χ1n) is 6.19. The van der Waals surface area contributed by atoms with Gasteiger partial charge in [0.1, 0.15) is 5.56 Å². The van der Waals surface area contributed by atoms with Gasteiger partial charge in [0.25, 0.3) is 5.56 Å². The zero-order valence-corrected chi connectivity index (χ0v) is 14.1. The third-order valence-corrected chi connectivity index (χ3v) is 3.70. The molecule has 0 radical (unpaired) electrons. The Morgan fingerprint density at radius 2 is 1.79 bits per heavy atom. The molecule has 2 rings (SSSR count). The molecule has 0 spiro atoms. The molecule has 0 unspecified atom stereocenters. The molecule has 11 heteroatoms. The Balaban J connectivity index is 2.31. The van der Waals surface area contributed by atoms with E-state index in [0.29, 0.717) is 4.68 Å². The molecule has 0 amide bonds.